The summed E-state index contributed by atoms with van der Waals surface area (Å²) in [6.45, 7) is 2.18. The largest absolute Gasteiger partial charge is 0.497 e. The minimum absolute atomic E-state index is 0.285. The number of ether oxygens (including phenoxy) is 2. The van der Waals surface area contributed by atoms with Crippen LogP contribution in [0, 0.1) is 0 Å². The van der Waals surface area contributed by atoms with Crippen LogP contribution < -0.4 is 4.74 Å². The Balaban J connectivity index is 1.89. The minimum Gasteiger partial charge on any atom is -0.497 e. The molecule has 0 saturated heterocycles. The van der Waals surface area contributed by atoms with Crippen molar-refractivity contribution >= 4 is 27.6 Å². The molecule has 4 rings (SSSR count). The van der Waals surface area contributed by atoms with Crippen molar-refractivity contribution in [2.24, 2.45) is 0 Å². The van der Waals surface area contributed by atoms with Gasteiger partial charge in [0.2, 0.25) is 0 Å². The first-order chi connectivity index (χ1) is 14.7. The molecule has 3 nitrogen and oxygen atoms in total. The molecule has 1 unspecified atom stereocenters. The smallest absolute Gasteiger partial charge is 0.343 e. The Hall–Kier alpha value is -3.24. The summed E-state index contributed by atoms with van der Waals surface area (Å²) in [7, 11) is 1.23. The van der Waals surface area contributed by atoms with Crippen LogP contribution in [0.4, 0.5) is 0 Å². The molecule has 150 valence electrons. The molecule has 0 aliphatic carbocycles. The predicted molar refractivity (Wildman–Crippen MR) is 122 cm³/mol. The van der Waals surface area contributed by atoms with Gasteiger partial charge < -0.3 is 9.47 Å². The molecule has 0 fully saturated rings. The highest BCUT2D eigenvalue weighted by Gasteiger charge is 2.33. The van der Waals surface area contributed by atoms with Crippen LogP contribution in [0.2, 0.25) is 0 Å². The monoisotopic (exact) mass is 415 g/mol. The van der Waals surface area contributed by atoms with E-state index >= 15 is 0 Å². The molecule has 4 heteroatoms. The average molecular weight is 416 g/mol. The highest BCUT2D eigenvalue weighted by Crippen LogP contribution is 2.35. The summed E-state index contributed by atoms with van der Waals surface area (Å²) in [5, 5.41) is 2.25. The SMILES string of the molecule is CCOC(=O)c1ccccc1[S+](c1ccccc1)c1ccc2cc(OC)ccc2c1. The Kier molecular flexibility index (Phi) is 6.05. The van der Waals surface area contributed by atoms with Crippen LogP contribution in [0.1, 0.15) is 17.3 Å². The van der Waals surface area contributed by atoms with Crippen molar-refractivity contribution in [1.82, 2.24) is 0 Å². The van der Waals surface area contributed by atoms with Gasteiger partial charge in [-0.05, 0) is 66.2 Å². The zero-order chi connectivity index (χ0) is 20.9. The van der Waals surface area contributed by atoms with Crippen molar-refractivity contribution in [2.45, 2.75) is 21.6 Å². The lowest BCUT2D eigenvalue weighted by Crippen LogP contribution is -2.13. The molecule has 4 aromatic carbocycles. The van der Waals surface area contributed by atoms with Gasteiger partial charge in [-0.2, -0.15) is 0 Å². The molecule has 0 saturated carbocycles. The van der Waals surface area contributed by atoms with Gasteiger partial charge in [0.15, 0.2) is 14.7 Å². The van der Waals surface area contributed by atoms with E-state index in [-0.39, 0.29) is 5.97 Å². The van der Waals surface area contributed by atoms with Gasteiger partial charge in [-0.1, -0.05) is 36.4 Å². The maximum atomic E-state index is 12.7. The lowest BCUT2D eigenvalue weighted by Gasteiger charge is -2.12. The zero-order valence-electron chi connectivity index (χ0n) is 17.0. The molecule has 4 aromatic rings. The Bertz CT molecular complexity index is 1170. The second-order valence-corrected chi connectivity index (χ2v) is 8.71. The third kappa shape index (κ3) is 4.05. The van der Waals surface area contributed by atoms with Crippen molar-refractivity contribution in [2.75, 3.05) is 13.7 Å². The summed E-state index contributed by atoms with van der Waals surface area (Å²) in [5.41, 5.74) is 0.612. The maximum Gasteiger partial charge on any atom is 0.343 e. The van der Waals surface area contributed by atoms with Crippen LogP contribution in [-0.4, -0.2) is 19.7 Å². The molecular weight excluding hydrogens is 392 g/mol. The molecular formula is C26H23O3S+. The summed E-state index contributed by atoms with van der Waals surface area (Å²) in [4.78, 5) is 16.0. The van der Waals surface area contributed by atoms with Gasteiger partial charge in [-0.25, -0.2) is 4.79 Å². The Morgan fingerprint density at radius 2 is 1.50 bits per heavy atom. The van der Waals surface area contributed by atoms with Crippen molar-refractivity contribution < 1.29 is 14.3 Å². The van der Waals surface area contributed by atoms with Gasteiger partial charge in [-0.3, -0.25) is 0 Å². The van der Waals surface area contributed by atoms with Crippen LogP contribution in [0.25, 0.3) is 10.8 Å². The minimum atomic E-state index is -0.446. The molecule has 30 heavy (non-hydrogen) atoms. The zero-order valence-corrected chi connectivity index (χ0v) is 17.8. The molecule has 1 atom stereocenters. The molecule has 0 amide bonds. The van der Waals surface area contributed by atoms with Gasteiger partial charge in [0.25, 0.3) is 0 Å². The van der Waals surface area contributed by atoms with Crippen LogP contribution in [-0.2, 0) is 15.6 Å². The van der Waals surface area contributed by atoms with Gasteiger partial charge in [0.05, 0.1) is 13.7 Å². The van der Waals surface area contributed by atoms with E-state index in [0.717, 1.165) is 31.2 Å². The van der Waals surface area contributed by atoms with E-state index in [1.165, 1.54) is 0 Å². The molecule has 0 N–H and O–H groups in total. The van der Waals surface area contributed by atoms with Crippen LogP contribution in [0.5, 0.6) is 5.75 Å². The lowest BCUT2D eigenvalue weighted by molar-refractivity contribution is 0.0522. The van der Waals surface area contributed by atoms with E-state index in [2.05, 4.69) is 36.4 Å². The highest BCUT2D eigenvalue weighted by atomic mass is 32.2. The summed E-state index contributed by atoms with van der Waals surface area (Å²) in [5.74, 6) is 0.553. The fourth-order valence-electron chi connectivity index (χ4n) is 3.42. The highest BCUT2D eigenvalue weighted by molar-refractivity contribution is 7.97. The lowest BCUT2D eigenvalue weighted by atomic mass is 10.1. The predicted octanol–water partition coefficient (Wildman–Crippen LogP) is 6.12. The van der Waals surface area contributed by atoms with Crippen LogP contribution in [0.15, 0.2) is 106 Å². The van der Waals surface area contributed by atoms with E-state index in [9.17, 15) is 4.79 Å². The molecule has 0 aliphatic rings. The van der Waals surface area contributed by atoms with Gasteiger partial charge >= 0.3 is 5.97 Å². The van der Waals surface area contributed by atoms with Gasteiger partial charge in [-0.15, -0.1) is 0 Å². The fraction of sp³-hybridized carbons (Fsp3) is 0.115. The topological polar surface area (TPSA) is 35.5 Å². The van der Waals surface area contributed by atoms with E-state index < -0.39 is 10.9 Å². The third-order valence-corrected chi connectivity index (χ3v) is 7.10. The summed E-state index contributed by atoms with van der Waals surface area (Å²) >= 11 is 0. The van der Waals surface area contributed by atoms with Crippen molar-refractivity contribution in [3.8, 4) is 5.75 Å². The summed E-state index contributed by atoms with van der Waals surface area (Å²) < 4.78 is 10.7. The van der Waals surface area contributed by atoms with E-state index in [1.54, 1.807) is 7.11 Å². The standard InChI is InChI=1S/C26H23O3S/c1-3-29-26(27)24-11-7-8-12-25(24)30(22-9-5-4-6-10-22)23-16-14-19-17-21(28-2)15-13-20(19)18-23/h4-18H,3H2,1-2H3/q+1. The molecule has 0 spiro atoms. The second kappa shape index (κ2) is 9.06. The van der Waals surface area contributed by atoms with E-state index in [0.29, 0.717) is 12.2 Å². The van der Waals surface area contributed by atoms with Crippen molar-refractivity contribution in [3.05, 3.63) is 96.6 Å². The Morgan fingerprint density at radius 3 is 2.27 bits per heavy atom. The molecule has 0 aliphatic heterocycles. The molecule has 0 bridgehead atoms. The first-order valence-corrected chi connectivity index (χ1v) is 11.1. The van der Waals surface area contributed by atoms with Crippen molar-refractivity contribution in [1.29, 1.82) is 0 Å². The maximum absolute atomic E-state index is 12.7. The number of benzene rings is 4. The Morgan fingerprint density at radius 1 is 0.800 bits per heavy atom. The van der Waals surface area contributed by atoms with E-state index in [1.807, 2.05) is 61.5 Å². The van der Waals surface area contributed by atoms with Gasteiger partial charge in [0.1, 0.15) is 22.2 Å². The second-order valence-electron chi connectivity index (χ2n) is 6.71. The summed E-state index contributed by atoms with van der Waals surface area (Å²) in [6.07, 6.45) is 0. The number of hydrogen-bond donors (Lipinski definition) is 0. The summed E-state index contributed by atoms with van der Waals surface area (Å²) in [6, 6.07) is 30.6. The third-order valence-electron chi connectivity index (χ3n) is 4.84. The average Bonchev–Trinajstić information content (AvgIpc) is 2.80. The number of fused-ring (bicyclic) bond motifs is 1. The van der Waals surface area contributed by atoms with Crippen LogP contribution >= 0.6 is 0 Å². The number of carbonyl (C=O) groups excluding carboxylic acids is 1. The fourth-order valence-corrected chi connectivity index (χ4v) is 5.67. The van der Waals surface area contributed by atoms with Gasteiger partial charge in [0, 0.05) is 6.07 Å². The number of methoxy groups -OCH3 is 1. The van der Waals surface area contributed by atoms with Crippen LogP contribution in [0.3, 0.4) is 0 Å². The number of carbonyl (C=O) groups is 1. The number of hydrogen-bond acceptors (Lipinski definition) is 3. The first-order valence-electron chi connectivity index (χ1n) is 9.84. The molecule has 0 aromatic heterocycles. The quantitative estimate of drug-likeness (QED) is 0.281. The first kappa shape index (κ1) is 20.0. The van der Waals surface area contributed by atoms with Crippen molar-refractivity contribution in [3.63, 3.8) is 0 Å². The normalized spacial score (nSPS) is 11.8. The molecule has 0 heterocycles. The number of rotatable bonds is 6. The molecule has 0 radical (unpaired) electrons. The number of esters is 1. The van der Waals surface area contributed by atoms with E-state index in [4.69, 9.17) is 9.47 Å². The Labute approximate surface area is 179 Å².